The van der Waals surface area contributed by atoms with Gasteiger partial charge in [-0.1, -0.05) is 0 Å². The fourth-order valence-corrected chi connectivity index (χ4v) is 3.21. The molecule has 0 N–H and O–H groups in total. The van der Waals surface area contributed by atoms with E-state index in [9.17, 15) is 4.79 Å². The molecule has 3 rings (SSSR count). The van der Waals surface area contributed by atoms with Crippen molar-refractivity contribution in [1.29, 1.82) is 0 Å². The summed E-state index contributed by atoms with van der Waals surface area (Å²) in [5.41, 5.74) is 1.32. The Balaban J connectivity index is 1.69. The number of nitrogens with zero attached hydrogens (tertiary/aromatic N) is 2. The number of thiophene rings is 1. The SMILES string of the molecule is Cc1cc(-c2nnc(COC(=O)c3cc(C)sc3C)o2)c(C)o1. The maximum Gasteiger partial charge on any atom is 0.339 e. The first-order valence-electron chi connectivity index (χ1n) is 7.08. The van der Waals surface area contributed by atoms with Crippen molar-refractivity contribution in [2.24, 2.45) is 0 Å². The van der Waals surface area contributed by atoms with Gasteiger partial charge in [0, 0.05) is 9.75 Å². The summed E-state index contributed by atoms with van der Waals surface area (Å²) in [5, 5.41) is 7.87. The molecule has 3 heterocycles. The Morgan fingerprint density at radius 1 is 1.17 bits per heavy atom. The number of ether oxygens (including phenoxy) is 1. The second-order valence-corrected chi connectivity index (χ2v) is 6.69. The largest absolute Gasteiger partial charge is 0.466 e. The summed E-state index contributed by atoms with van der Waals surface area (Å²) in [7, 11) is 0. The average molecular weight is 332 g/mol. The van der Waals surface area contributed by atoms with Gasteiger partial charge >= 0.3 is 5.97 Å². The number of carbonyl (C=O) groups is 1. The molecule has 7 heteroatoms. The van der Waals surface area contributed by atoms with E-state index in [1.165, 1.54) is 0 Å². The van der Waals surface area contributed by atoms with Crippen LogP contribution >= 0.6 is 11.3 Å². The molecule has 3 aromatic heterocycles. The first-order chi connectivity index (χ1) is 10.9. The standard InChI is InChI=1S/C16H16N2O4S/c1-8-5-12(10(3)21-8)15-18-17-14(22-15)7-20-16(19)13-6-9(2)23-11(13)4/h5-6H,7H2,1-4H3. The molecule has 0 aromatic carbocycles. The van der Waals surface area contributed by atoms with Crippen molar-refractivity contribution in [1.82, 2.24) is 10.2 Å². The Morgan fingerprint density at radius 2 is 1.96 bits per heavy atom. The summed E-state index contributed by atoms with van der Waals surface area (Å²) in [6, 6.07) is 3.65. The van der Waals surface area contributed by atoms with Crippen molar-refractivity contribution in [3.63, 3.8) is 0 Å². The van der Waals surface area contributed by atoms with Gasteiger partial charge in [0.1, 0.15) is 11.5 Å². The number of aryl methyl sites for hydroxylation is 4. The zero-order valence-corrected chi connectivity index (χ0v) is 14.1. The van der Waals surface area contributed by atoms with Crippen LogP contribution in [0.15, 0.2) is 21.0 Å². The van der Waals surface area contributed by atoms with Crippen molar-refractivity contribution in [3.05, 3.63) is 44.9 Å². The Morgan fingerprint density at radius 3 is 2.57 bits per heavy atom. The lowest BCUT2D eigenvalue weighted by molar-refractivity contribution is 0.0438. The molecule has 0 aliphatic heterocycles. The number of esters is 1. The van der Waals surface area contributed by atoms with Crippen molar-refractivity contribution >= 4 is 17.3 Å². The van der Waals surface area contributed by atoms with Crippen molar-refractivity contribution in [2.45, 2.75) is 34.3 Å². The van der Waals surface area contributed by atoms with E-state index in [-0.39, 0.29) is 18.5 Å². The first kappa shape index (κ1) is 15.5. The third-order valence-corrected chi connectivity index (χ3v) is 4.29. The predicted octanol–water partition coefficient (Wildman–Crippen LogP) is 3.98. The van der Waals surface area contributed by atoms with Gasteiger partial charge in [-0.25, -0.2) is 4.79 Å². The highest BCUT2D eigenvalue weighted by atomic mass is 32.1. The molecular weight excluding hydrogens is 316 g/mol. The van der Waals surface area contributed by atoms with Crippen LogP contribution in [0.1, 0.15) is 37.5 Å². The van der Waals surface area contributed by atoms with Crippen LogP contribution in [-0.4, -0.2) is 16.2 Å². The number of rotatable bonds is 4. The zero-order valence-electron chi connectivity index (χ0n) is 13.3. The minimum absolute atomic E-state index is 0.0595. The Hall–Kier alpha value is -2.41. The van der Waals surface area contributed by atoms with Crippen LogP contribution in [0.2, 0.25) is 0 Å². The van der Waals surface area contributed by atoms with Crippen molar-refractivity contribution in [3.8, 4) is 11.5 Å². The molecule has 23 heavy (non-hydrogen) atoms. The number of hydrogen-bond donors (Lipinski definition) is 0. The number of hydrogen-bond acceptors (Lipinski definition) is 7. The van der Waals surface area contributed by atoms with Gasteiger partial charge in [-0.05, 0) is 39.8 Å². The lowest BCUT2D eigenvalue weighted by Gasteiger charge is -2.00. The van der Waals surface area contributed by atoms with E-state index in [1.54, 1.807) is 11.3 Å². The van der Waals surface area contributed by atoms with Crippen LogP contribution in [0, 0.1) is 27.7 Å². The van der Waals surface area contributed by atoms with Gasteiger partial charge in [0.2, 0.25) is 0 Å². The minimum atomic E-state index is -0.387. The summed E-state index contributed by atoms with van der Waals surface area (Å²) < 4.78 is 16.2. The summed E-state index contributed by atoms with van der Waals surface area (Å²) in [6.07, 6.45) is 0. The molecule has 0 spiro atoms. The van der Waals surface area contributed by atoms with E-state index in [0.717, 1.165) is 21.1 Å². The molecule has 0 bridgehead atoms. The fraction of sp³-hybridized carbons (Fsp3) is 0.312. The molecule has 0 amide bonds. The van der Waals surface area contributed by atoms with Crippen LogP contribution in [0.3, 0.4) is 0 Å². The second-order valence-electron chi connectivity index (χ2n) is 5.23. The van der Waals surface area contributed by atoms with Crippen molar-refractivity contribution < 1.29 is 18.4 Å². The van der Waals surface area contributed by atoms with Crippen LogP contribution in [-0.2, 0) is 11.3 Å². The number of furan rings is 1. The highest BCUT2D eigenvalue weighted by Crippen LogP contribution is 2.26. The number of aromatic nitrogens is 2. The summed E-state index contributed by atoms with van der Waals surface area (Å²) in [4.78, 5) is 14.1. The smallest absolute Gasteiger partial charge is 0.339 e. The van der Waals surface area contributed by atoms with Gasteiger partial charge in [-0.3, -0.25) is 0 Å². The topological polar surface area (TPSA) is 78.4 Å². The Bertz CT molecular complexity index is 859. The van der Waals surface area contributed by atoms with Crippen LogP contribution < -0.4 is 0 Å². The van der Waals surface area contributed by atoms with Gasteiger partial charge in [-0.2, -0.15) is 0 Å². The van der Waals surface area contributed by atoms with Crippen LogP contribution in [0.25, 0.3) is 11.5 Å². The lowest BCUT2D eigenvalue weighted by Crippen LogP contribution is -2.05. The number of carbonyl (C=O) groups excluding carboxylic acids is 1. The summed E-state index contributed by atoms with van der Waals surface area (Å²) in [5.74, 6) is 1.69. The summed E-state index contributed by atoms with van der Waals surface area (Å²) in [6.45, 7) is 7.46. The molecule has 0 saturated carbocycles. The maximum atomic E-state index is 12.1. The molecule has 0 unspecified atom stereocenters. The van der Waals surface area contributed by atoms with Crippen molar-refractivity contribution in [2.75, 3.05) is 0 Å². The normalized spacial score (nSPS) is 11.0. The van der Waals surface area contributed by atoms with Gasteiger partial charge in [0.25, 0.3) is 11.8 Å². The molecule has 6 nitrogen and oxygen atoms in total. The third-order valence-electron chi connectivity index (χ3n) is 3.33. The molecule has 120 valence electrons. The average Bonchev–Trinajstić information content (AvgIpc) is 3.16. The second kappa shape index (κ2) is 6.00. The maximum absolute atomic E-state index is 12.1. The Kier molecular flexibility index (Phi) is 4.04. The third kappa shape index (κ3) is 3.19. The molecule has 0 fully saturated rings. The highest BCUT2D eigenvalue weighted by molar-refractivity contribution is 7.12. The zero-order chi connectivity index (χ0) is 16.6. The first-order valence-corrected chi connectivity index (χ1v) is 7.89. The molecule has 3 aromatic rings. The molecule has 0 atom stereocenters. The quantitative estimate of drug-likeness (QED) is 0.672. The van der Waals surface area contributed by atoms with E-state index in [0.29, 0.717) is 17.2 Å². The molecule has 0 saturated heterocycles. The van der Waals surface area contributed by atoms with E-state index < -0.39 is 0 Å². The lowest BCUT2D eigenvalue weighted by atomic mass is 10.2. The Labute approximate surface area is 137 Å². The highest BCUT2D eigenvalue weighted by Gasteiger charge is 2.17. The molecule has 0 aliphatic carbocycles. The van der Waals surface area contributed by atoms with Gasteiger partial charge in [-0.15, -0.1) is 21.5 Å². The van der Waals surface area contributed by atoms with E-state index in [4.69, 9.17) is 13.6 Å². The van der Waals surface area contributed by atoms with E-state index in [2.05, 4.69) is 10.2 Å². The molecule has 0 aliphatic rings. The van der Waals surface area contributed by atoms with Crippen LogP contribution in [0.4, 0.5) is 0 Å². The van der Waals surface area contributed by atoms with Crippen LogP contribution in [0.5, 0.6) is 0 Å². The minimum Gasteiger partial charge on any atom is -0.466 e. The molecule has 0 radical (unpaired) electrons. The monoisotopic (exact) mass is 332 g/mol. The molecular formula is C16H16N2O4S. The van der Waals surface area contributed by atoms with Gasteiger partial charge in [0.15, 0.2) is 6.61 Å². The fourth-order valence-electron chi connectivity index (χ4n) is 2.30. The predicted molar refractivity (Wildman–Crippen MR) is 84.4 cm³/mol. The summed E-state index contributed by atoms with van der Waals surface area (Å²) >= 11 is 1.56. The van der Waals surface area contributed by atoms with E-state index >= 15 is 0 Å². The van der Waals surface area contributed by atoms with Gasteiger partial charge < -0.3 is 13.6 Å². The van der Waals surface area contributed by atoms with Gasteiger partial charge in [0.05, 0.1) is 11.1 Å². The van der Waals surface area contributed by atoms with E-state index in [1.807, 2.05) is 39.8 Å².